The van der Waals surface area contributed by atoms with Gasteiger partial charge in [0.2, 0.25) is 0 Å². The van der Waals surface area contributed by atoms with E-state index in [2.05, 4.69) is 4.98 Å². The van der Waals surface area contributed by atoms with Crippen LogP contribution in [0.25, 0.3) is 0 Å². The zero-order valence-electron chi connectivity index (χ0n) is 5.07. The molecule has 6 heteroatoms. The molecule has 0 atom stereocenters. The second-order valence-corrected chi connectivity index (χ2v) is 1.51. The smallest absolute Gasteiger partial charge is 0.257 e. The van der Waals surface area contributed by atoms with E-state index in [1.54, 1.807) is 0 Å². The first kappa shape index (κ1) is 8.44. The van der Waals surface area contributed by atoms with Gasteiger partial charge in [0.1, 0.15) is 5.82 Å². The van der Waals surface area contributed by atoms with Crippen LogP contribution < -0.4 is 11.4 Å². The quantitative estimate of drug-likeness (QED) is 0.378. The number of anilines is 1. The number of hydrogen-bond acceptors (Lipinski definition) is 4. The van der Waals surface area contributed by atoms with Gasteiger partial charge in [-0.2, -0.15) is 0 Å². The third-order valence-electron chi connectivity index (χ3n) is 0.887. The molecular weight excluding hydrogens is 136 g/mol. The van der Waals surface area contributed by atoms with E-state index in [4.69, 9.17) is 16.4 Å². The zero-order valence-corrected chi connectivity index (χ0v) is 5.07. The average Bonchev–Trinajstić information content (AvgIpc) is 1.83. The van der Waals surface area contributed by atoms with Crippen LogP contribution in [0.2, 0.25) is 0 Å². The Kier molecular flexibility index (Phi) is 2.39. The first-order valence-electron chi connectivity index (χ1n) is 2.29. The maximum absolute atomic E-state index is 8.75. The third kappa shape index (κ3) is 1.23. The Balaban J connectivity index is 0.000000810. The number of rotatable bonds is 0. The van der Waals surface area contributed by atoms with Gasteiger partial charge in [-0.3, -0.25) is 5.41 Å². The Hall–Kier alpha value is -1.56. The standard InChI is InChI=1S/C4H6N4O.H2O/c5-3-1-2-7-4(6)8(3)9;/h1-2,6,9H,5H2;1H2. The lowest BCUT2D eigenvalue weighted by atomic mass is 10.6. The van der Waals surface area contributed by atoms with E-state index in [0.717, 1.165) is 0 Å². The van der Waals surface area contributed by atoms with Crippen molar-refractivity contribution < 1.29 is 10.7 Å². The highest BCUT2D eigenvalue weighted by molar-refractivity contribution is 5.23. The van der Waals surface area contributed by atoms with Gasteiger partial charge in [-0.25, -0.2) is 4.98 Å². The molecule has 0 radical (unpaired) electrons. The predicted octanol–water partition coefficient (Wildman–Crippen LogP) is -1.64. The molecule has 1 heterocycles. The zero-order chi connectivity index (χ0) is 6.85. The largest absolute Gasteiger partial charge is 0.423 e. The van der Waals surface area contributed by atoms with Crippen LogP contribution >= 0.6 is 0 Å². The van der Waals surface area contributed by atoms with Gasteiger partial charge in [-0.15, -0.1) is 4.73 Å². The van der Waals surface area contributed by atoms with Crippen molar-refractivity contribution in [3.05, 3.63) is 17.9 Å². The number of aromatic nitrogens is 2. The van der Waals surface area contributed by atoms with Crippen LogP contribution in [0.15, 0.2) is 12.3 Å². The minimum absolute atomic E-state index is 0. The molecule has 0 aliphatic carbocycles. The van der Waals surface area contributed by atoms with Gasteiger partial charge in [-0.05, 0) is 0 Å². The highest BCUT2D eigenvalue weighted by Gasteiger charge is 1.90. The van der Waals surface area contributed by atoms with Crippen LogP contribution in [0.3, 0.4) is 0 Å². The SMILES string of the molecule is N=c1nccc(N)n1O.O. The molecule has 0 bridgehead atoms. The lowest BCUT2D eigenvalue weighted by Gasteiger charge is -1.97. The van der Waals surface area contributed by atoms with Crippen LogP contribution in [0.1, 0.15) is 0 Å². The molecule has 56 valence electrons. The first-order valence-corrected chi connectivity index (χ1v) is 2.29. The molecular formula is C4H8N4O2. The van der Waals surface area contributed by atoms with Crippen LogP contribution in [0.4, 0.5) is 5.82 Å². The summed E-state index contributed by atoms with van der Waals surface area (Å²) >= 11 is 0. The van der Waals surface area contributed by atoms with Crippen LogP contribution in [-0.2, 0) is 0 Å². The van der Waals surface area contributed by atoms with Gasteiger partial charge in [0.25, 0.3) is 5.62 Å². The van der Waals surface area contributed by atoms with E-state index in [9.17, 15) is 0 Å². The Bertz CT molecular complexity index is 268. The summed E-state index contributed by atoms with van der Waals surface area (Å²) in [6.45, 7) is 0. The molecule has 0 spiro atoms. The van der Waals surface area contributed by atoms with E-state index in [1.807, 2.05) is 0 Å². The molecule has 0 saturated heterocycles. The van der Waals surface area contributed by atoms with Crippen molar-refractivity contribution in [2.24, 2.45) is 0 Å². The summed E-state index contributed by atoms with van der Waals surface area (Å²) in [4.78, 5) is 3.44. The van der Waals surface area contributed by atoms with Gasteiger partial charge >= 0.3 is 0 Å². The van der Waals surface area contributed by atoms with Crippen molar-refractivity contribution in [2.75, 3.05) is 5.73 Å². The topological polar surface area (TPSA) is 119 Å². The Labute approximate surface area is 56.3 Å². The van der Waals surface area contributed by atoms with Crippen molar-refractivity contribution in [1.29, 1.82) is 5.41 Å². The summed E-state index contributed by atoms with van der Waals surface area (Å²) in [7, 11) is 0. The summed E-state index contributed by atoms with van der Waals surface area (Å²) in [6.07, 6.45) is 1.35. The van der Waals surface area contributed by atoms with Crippen molar-refractivity contribution in [3.8, 4) is 0 Å². The summed E-state index contributed by atoms with van der Waals surface area (Å²) in [6, 6.07) is 1.40. The molecule has 0 aliphatic heterocycles. The normalized spacial score (nSPS) is 8.40. The number of nitrogens with zero attached hydrogens (tertiary/aromatic N) is 2. The van der Waals surface area contributed by atoms with Crippen molar-refractivity contribution in [3.63, 3.8) is 0 Å². The minimum atomic E-state index is -0.269. The number of hydrogen-bond donors (Lipinski definition) is 3. The summed E-state index contributed by atoms with van der Waals surface area (Å²) in [5.74, 6) is 0.106. The maximum atomic E-state index is 8.75. The highest BCUT2D eigenvalue weighted by Crippen LogP contribution is 1.88. The molecule has 1 aromatic heterocycles. The molecule has 10 heavy (non-hydrogen) atoms. The molecule has 1 rings (SSSR count). The molecule has 6 nitrogen and oxygen atoms in total. The average molecular weight is 144 g/mol. The van der Waals surface area contributed by atoms with Crippen LogP contribution in [-0.4, -0.2) is 20.4 Å². The van der Waals surface area contributed by atoms with Crippen molar-refractivity contribution in [2.45, 2.75) is 0 Å². The third-order valence-corrected chi connectivity index (χ3v) is 0.887. The molecule has 0 amide bonds. The highest BCUT2D eigenvalue weighted by atomic mass is 16.5. The fourth-order valence-corrected chi connectivity index (χ4v) is 0.432. The van der Waals surface area contributed by atoms with E-state index >= 15 is 0 Å². The van der Waals surface area contributed by atoms with Crippen molar-refractivity contribution in [1.82, 2.24) is 9.71 Å². The van der Waals surface area contributed by atoms with E-state index in [1.165, 1.54) is 12.3 Å². The number of nitrogens with two attached hydrogens (primary N) is 1. The maximum Gasteiger partial charge on any atom is 0.257 e. The lowest BCUT2D eigenvalue weighted by Crippen LogP contribution is -2.22. The monoisotopic (exact) mass is 144 g/mol. The number of nitrogen functional groups attached to an aromatic ring is 1. The van der Waals surface area contributed by atoms with Crippen molar-refractivity contribution >= 4 is 5.82 Å². The molecule has 0 unspecified atom stereocenters. The fraction of sp³-hybridized carbons (Fsp3) is 0. The van der Waals surface area contributed by atoms with E-state index in [-0.39, 0.29) is 16.9 Å². The molecule has 0 saturated carbocycles. The Morgan fingerprint density at radius 1 is 1.70 bits per heavy atom. The lowest BCUT2D eigenvalue weighted by molar-refractivity contribution is 0.171. The first-order chi connectivity index (χ1) is 4.22. The number of nitrogens with one attached hydrogen (secondary N) is 1. The summed E-state index contributed by atoms with van der Waals surface area (Å²) < 4.78 is 0.500. The molecule has 6 N–H and O–H groups in total. The summed E-state index contributed by atoms with van der Waals surface area (Å²) in [5.41, 5.74) is 4.91. The second kappa shape index (κ2) is 2.83. The van der Waals surface area contributed by atoms with Gasteiger partial charge in [0.05, 0.1) is 0 Å². The van der Waals surface area contributed by atoms with Crippen LogP contribution in [0, 0.1) is 5.41 Å². The van der Waals surface area contributed by atoms with Crippen LogP contribution in [0.5, 0.6) is 0 Å². The fourth-order valence-electron chi connectivity index (χ4n) is 0.432. The predicted molar refractivity (Wildman–Crippen MR) is 33.3 cm³/mol. The Morgan fingerprint density at radius 3 is 2.70 bits per heavy atom. The molecule has 0 aromatic carbocycles. The van der Waals surface area contributed by atoms with E-state index in [0.29, 0.717) is 4.73 Å². The second-order valence-electron chi connectivity index (χ2n) is 1.51. The van der Waals surface area contributed by atoms with Gasteiger partial charge in [-0.1, -0.05) is 0 Å². The molecule has 0 fully saturated rings. The van der Waals surface area contributed by atoms with Gasteiger partial charge in [0.15, 0.2) is 0 Å². The molecule has 1 aromatic rings. The van der Waals surface area contributed by atoms with Gasteiger partial charge < -0.3 is 16.4 Å². The van der Waals surface area contributed by atoms with Gasteiger partial charge in [0, 0.05) is 12.3 Å². The summed E-state index contributed by atoms with van der Waals surface area (Å²) in [5, 5.41) is 15.6. The molecule has 0 aliphatic rings. The Morgan fingerprint density at radius 2 is 2.30 bits per heavy atom. The van der Waals surface area contributed by atoms with E-state index < -0.39 is 0 Å². The minimum Gasteiger partial charge on any atom is -0.423 e.